The first-order chi connectivity index (χ1) is 27.0. The Hall–Kier alpha value is -5.66. The van der Waals surface area contributed by atoms with Gasteiger partial charge in [-0.25, -0.2) is 27.3 Å². The lowest BCUT2D eigenvalue weighted by atomic mass is 9.93. The molecule has 13 heteroatoms. The maximum atomic E-state index is 14.0. The third kappa shape index (κ3) is 9.06. The highest BCUT2D eigenvalue weighted by molar-refractivity contribution is 7.92. The molecular weight excluding hydrogens is 751 g/mol. The van der Waals surface area contributed by atoms with Crippen LogP contribution in [-0.2, 0) is 51.6 Å². The molecule has 0 aliphatic heterocycles. The maximum absolute atomic E-state index is 14.0. The van der Waals surface area contributed by atoms with Gasteiger partial charge in [-0.15, -0.1) is 11.3 Å². The number of rotatable bonds is 15. The van der Waals surface area contributed by atoms with Gasteiger partial charge in [0.2, 0.25) is 0 Å². The summed E-state index contributed by atoms with van der Waals surface area (Å²) in [4.78, 5) is 57.4. The zero-order chi connectivity index (χ0) is 39.8. The van der Waals surface area contributed by atoms with Crippen molar-refractivity contribution in [3.8, 4) is 0 Å². The SMILES string of the molecule is CCCN(c1ccc(C(=O)OC)cn1)S(=O)(=O)c1cccc(C(=O)Cc2sc3c(c2C(=O)Nc2ccc(CCc4ccc(C(=O)OC)cc4)cc2)CCCC3)c1. The Balaban J connectivity index is 1.17. The number of sulfonamides is 1. The molecule has 0 saturated heterocycles. The number of hydrogen-bond donors (Lipinski definition) is 1. The average molecular weight is 794 g/mol. The van der Waals surface area contributed by atoms with E-state index < -0.39 is 16.0 Å². The first-order valence-corrected chi connectivity index (χ1v) is 20.7. The Morgan fingerprint density at radius 1 is 0.804 bits per heavy atom. The predicted molar refractivity (Wildman–Crippen MR) is 215 cm³/mol. The van der Waals surface area contributed by atoms with Crippen molar-refractivity contribution in [1.29, 1.82) is 0 Å². The van der Waals surface area contributed by atoms with Crippen LogP contribution in [0.15, 0.2) is 96.0 Å². The molecule has 0 atom stereocenters. The van der Waals surface area contributed by atoms with Crippen LogP contribution in [0.25, 0.3) is 0 Å². The molecular formula is C43H43N3O8S2. The topological polar surface area (TPSA) is 149 Å². The Morgan fingerprint density at radius 3 is 2.09 bits per heavy atom. The quantitative estimate of drug-likeness (QED) is 0.0833. The summed E-state index contributed by atoms with van der Waals surface area (Å²) in [6, 6.07) is 23.9. The van der Waals surface area contributed by atoms with Crippen molar-refractivity contribution in [1.82, 2.24) is 4.98 Å². The van der Waals surface area contributed by atoms with Gasteiger partial charge in [0.15, 0.2) is 5.78 Å². The van der Waals surface area contributed by atoms with Gasteiger partial charge in [-0.2, -0.15) is 0 Å². The van der Waals surface area contributed by atoms with Crippen molar-refractivity contribution < 1.29 is 37.1 Å². The summed E-state index contributed by atoms with van der Waals surface area (Å²) in [6.45, 7) is 1.97. The van der Waals surface area contributed by atoms with Crippen LogP contribution in [-0.4, -0.2) is 57.8 Å². The second-order valence-electron chi connectivity index (χ2n) is 13.5. The smallest absolute Gasteiger partial charge is 0.339 e. The molecule has 0 unspecified atom stereocenters. The van der Waals surface area contributed by atoms with E-state index >= 15 is 0 Å². The number of Topliss-reactive ketones (excluding diaryl/α,β-unsaturated/α-hetero) is 1. The highest BCUT2D eigenvalue weighted by Crippen LogP contribution is 2.36. The lowest BCUT2D eigenvalue weighted by Crippen LogP contribution is -2.32. The van der Waals surface area contributed by atoms with Crippen LogP contribution in [0.4, 0.5) is 11.5 Å². The molecule has 2 aromatic heterocycles. The van der Waals surface area contributed by atoms with Crippen LogP contribution in [0.5, 0.6) is 0 Å². The molecule has 1 aliphatic rings. The largest absolute Gasteiger partial charge is 0.465 e. The molecule has 290 valence electrons. The number of aromatic nitrogens is 1. The number of thiophene rings is 1. The van der Waals surface area contributed by atoms with Crippen LogP contribution in [0.2, 0.25) is 0 Å². The van der Waals surface area contributed by atoms with Crippen molar-refractivity contribution >= 4 is 56.5 Å². The lowest BCUT2D eigenvalue weighted by molar-refractivity contribution is 0.0591. The molecule has 3 aromatic carbocycles. The minimum absolute atomic E-state index is 0.0569. The van der Waals surface area contributed by atoms with Crippen molar-refractivity contribution in [3.05, 3.63) is 140 Å². The van der Waals surface area contributed by atoms with Crippen LogP contribution in [0.3, 0.4) is 0 Å². The first-order valence-electron chi connectivity index (χ1n) is 18.4. The van der Waals surface area contributed by atoms with Gasteiger partial charge in [-0.1, -0.05) is 43.3 Å². The summed E-state index contributed by atoms with van der Waals surface area (Å²) in [6.07, 6.45) is 6.80. The highest BCUT2D eigenvalue weighted by atomic mass is 32.2. The Bertz CT molecular complexity index is 2340. The van der Waals surface area contributed by atoms with Gasteiger partial charge in [-0.05, 0) is 110 Å². The number of pyridine rings is 1. The van der Waals surface area contributed by atoms with Crippen LogP contribution in [0.1, 0.15) is 94.1 Å². The van der Waals surface area contributed by atoms with E-state index in [-0.39, 0.29) is 52.5 Å². The van der Waals surface area contributed by atoms with E-state index in [0.717, 1.165) is 64.4 Å². The molecule has 5 aromatic rings. The number of ketones is 1. The Labute approximate surface area is 330 Å². The minimum atomic E-state index is -4.14. The summed E-state index contributed by atoms with van der Waals surface area (Å²) in [5, 5.41) is 3.05. The molecule has 1 N–H and O–H groups in total. The zero-order valence-corrected chi connectivity index (χ0v) is 33.1. The van der Waals surface area contributed by atoms with Gasteiger partial charge in [0.25, 0.3) is 15.9 Å². The maximum Gasteiger partial charge on any atom is 0.339 e. The lowest BCUT2D eigenvalue weighted by Gasteiger charge is -2.23. The molecule has 0 bridgehead atoms. The van der Waals surface area contributed by atoms with Gasteiger partial charge in [0.05, 0.1) is 35.8 Å². The third-order valence-electron chi connectivity index (χ3n) is 9.68. The Kier molecular flexibility index (Phi) is 12.8. The fraction of sp³-hybridized carbons (Fsp3) is 0.279. The summed E-state index contributed by atoms with van der Waals surface area (Å²) in [7, 11) is -1.53. The number of carbonyl (C=O) groups is 4. The Morgan fingerprint density at radius 2 is 1.45 bits per heavy atom. The molecule has 0 fully saturated rings. The van der Waals surface area contributed by atoms with Crippen molar-refractivity contribution in [3.63, 3.8) is 0 Å². The standard InChI is InChI=1S/C43H43N3O8S2/c1-4-24-46(39-23-20-32(27-44-39)43(50)54-3)56(51,52)34-9-7-8-31(25-34)36(47)26-38-40(35-10-5-6-11-37(35)55-38)41(48)45-33-21-16-29(17-22-33)13-12-28-14-18-30(19-15-28)42(49)53-2/h7-9,14-23,25,27H,4-6,10-13,24,26H2,1-3H3,(H,45,48). The molecule has 56 heavy (non-hydrogen) atoms. The number of aryl methyl sites for hydroxylation is 3. The number of amides is 1. The van der Waals surface area contributed by atoms with E-state index in [1.807, 2.05) is 43.3 Å². The summed E-state index contributed by atoms with van der Waals surface area (Å²) >= 11 is 1.48. The molecule has 1 aliphatic carbocycles. The number of ether oxygens (including phenoxy) is 2. The molecule has 6 rings (SSSR count). The van der Waals surface area contributed by atoms with E-state index in [9.17, 15) is 27.6 Å². The third-order valence-corrected chi connectivity index (χ3v) is 12.8. The monoisotopic (exact) mass is 793 g/mol. The van der Waals surface area contributed by atoms with Gasteiger partial charge >= 0.3 is 11.9 Å². The van der Waals surface area contributed by atoms with E-state index in [1.165, 1.54) is 62.1 Å². The number of benzene rings is 3. The number of esters is 2. The van der Waals surface area contributed by atoms with Crippen LogP contribution >= 0.6 is 11.3 Å². The van der Waals surface area contributed by atoms with Crippen molar-refractivity contribution in [2.24, 2.45) is 0 Å². The number of hydrogen-bond acceptors (Lipinski definition) is 10. The average Bonchev–Trinajstić information content (AvgIpc) is 3.60. The molecule has 0 saturated carbocycles. The van der Waals surface area contributed by atoms with Gasteiger partial charge in [0, 0.05) is 40.2 Å². The zero-order valence-electron chi connectivity index (χ0n) is 31.5. The van der Waals surface area contributed by atoms with Gasteiger partial charge in [-0.3, -0.25) is 9.59 Å². The van der Waals surface area contributed by atoms with Crippen LogP contribution < -0.4 is 9.62 Å². The predicted octanol–water partition coefficient (Wildman–Crippen LogP) is 7.66. The molecule has 2 heterocycles. The number of nitrogens with zero attached hydrogens (tertiary/aromatic N) is 2. The molecule has 11 nitrogen and oxygen atoms in total. The van der Waals surface area contributed by atoms with E-state index in [0.29, 0.717) is 28.1 Å². The summed E-state index contributed by atoms with van der Waals surface area (Å²) in [5.74, 6) is -1.40. The van der Waals surface area contributed by atoms with Gasteiger partial charge in [0.1, 0.15) is 5.82 Å². The van der Waals surface area contributed by atoms with Crippen molar-refractivity contribution in [2.75, 3.05) is 30.4 Å². The fourth-order valence-electron chi connectivity index (χ4n) is 6.71. The second-order valence-corrected chi connectivity index (χ2v) is 16.5. The number of carbonyl (C=O) groups excluding carboxylic acids is 4. The summed E-state index contributed by atoms with van der Waals surface area (Å²) in [5.41, 5.74) is 5.23. The number of methoxy groups -OCH3 is 2. The second kappa shape index (κ2) is 17.9. The molecule has 0 radical (unpaired) electrons. The van der Waals surface area contributed by atoms with E-state index in [2.05, 4.69) is 10.3 Å². The fourth-order valence-corrected chi connectivity index (χ4v) is 9.66. The number of nitrogens with one attached hydrogen (secondary N) is 1. The number of anilines is 2. The van der Waals surface area contributed by atoms with E-state index in [4.69, 9.17) is 9.47 Å². The van der Waals surface area contributed by atoms with Crippen molar-refractivity contribution in [2.45, 2.75) is 63.2 Å². The normalized spacial score (nSPS) is 12.3. The minimum Gasteiger partial charge on any atom is -0.465 e. The van der Waals surface area contributed by atoms with E-state index in [1.54, 1.807) is 18.2 Å². The highest BCUT2D eigenvalue weighted by Gasteiger charge is 2.29. The summed E-state index contributed by atoms with van der Waals surface area (Å²) < 4.78 is 38.6. The van der Waals surface area contributed by atoms with Crippen LogP contribution in [0, 0.1) is 0 Å². The first kappa shape index (κ1) is 40.0. The molecule has 1 amide bonds. The molecule has 0 spiro atoms. The van der Waals surface area contributed by atoms with Gasteiger partial charge < -0.3 is 14.8 Å². The number of fused-ring (bicyclic) bond motifs is 1.